The minimum Gasteiger partial charge on any atom is -0.266 e. The van der Waals surface area contributed by atoms with E-state index in [1.54, 1.807) is 18.0 Å². The lowest BCUT2D eigenvalue weighted by molar-refractivity contribution is 0.756. The number of nitrogens with zero attached hydrogens (tertiary/aromatic N) is 2. The Morgan fingerprint density at radius 2 is 1.28 bits per heavy atom. The summed E-state index contributed by atoms with van der Waals surface area (Å²) >= 11 is 3.05. The van der Waals surface area contributed by atoms with E-state index in [4.69, 9.17) is 0 Å². The van der Waals surface area contributed by atoms with E-state index in [-0.39, 0.29) is 5.56 Å². The first-order valence-corrected chi connectivity index (χ1v) is 10.9. The van der Waals surface area contributed by atoms with Crippen LogP contribution < -0.4 is 5.56 Å². The van der Waals surface area contributed by atoms with Gasteiger partial charge < -0.3 is 0 Å². The molecule has 1 aromatic heterocycles. The van der Waals surface area contributed by atoms with Gasteiger partial charge in [0.25, 0.3) is 5.56 Å². The van der Waals surface area contributed by atoms with Crippen molar-refractivity contribution in [1.29, 1.82) is 0 Å². The Bertz CT molecular complexity index is 1170. The largest absolute Gasteiger partial charge is 0.286 e. The van der Waals surface area contributed by atoms with Crippen LogP contribution in [0.4, 0.5) is 0 Å². The van der Waals surface area contributed by atoms with Gasteiger partial charge in [-0.2, -0.15) is 9.78 Å². The fourth-order valence-electron chi connectivity index (χ4n) is 2.80. The van der Waals surface area contributed by atoms with Crippen molar-refractivity contribution in [3.05, 3.63) is 107 Å². The van der Waals surface area contributed by atoms with Gasteiger partial charge in [-0.3, -0.25) is 4.79 Å². The Morgan fingerprint density at radius 1 is 0.724 bits per heavy atom. The third-order valence-corrected chi connectivity index (χ3v) is 6.66. The molecule has 0 aliphatic heterocycles. The van der Waals surface area contributed by atoms with Crippen LogP contribution in [0.25, 0.3) is 5.69 Å². The summed E-state index contributed by atoms with van der Waals surface area (Å²) in [6.45, 7) is 4.12. The molecule has 0 unspecified atom stereocenters. The van der Waals surface area contributed by atoms with Crippen LogP contribution in [0, 0.1) is 13.8 Å². The van der Waals surface area contributed by atoms with E-state index in [2.05, 4.69) is 55.3 Å². The van der Waals surface area contributed by atoms with Crippen molar-refractivity contribution in [2.75, 3.05) is 0 Å². The van der Waals surface area contributed by atoms with Crippen LogP contribution in [0.1, 0.15) is 11.1 Å². The molecule has 5 heteroatoms. The highest BCUT2D eigenvalue weighted by atomic mass is 32.2. The predicted molar refractivity (Wildman–Crippen MR) is 120 cm³/mol. The van der Waals surface area contributed by atoms with Crippen LogP contribution in [-0.2, 0) is 0 Å². The molecule has 0 saturated carbocycles. The number of hydrogen-bond donors (Lipinski definition) is 0. The molecule has 0 saturated heterocycles. The summed E-state index contributed by atoms with van der Waals surface area (Å²) in [5.41, 5.74) is 3.05. The summed E-state index contributed by atoms with van der Waals surface area (Å²) in [4.78, 5) is 17.0. The Hall–Kier alpha value is -2.76. The lowest BCUT2D eigenvalue weighted by atomic mass is 10.2. The molecule has 0 atom stereocenters. The summed E-state index contributed by atoms with van der Waals surface area (Å²) in [5.74, 6) is 0. The van der Waals surface area contributed by atoms with E-state index in [0.29, 0.717) is 4.90 Å². The fraction of sp³-hybridized carbons (Fsp3) is 0.0833. The third-order valence-electron chi connectivity index (χ3n) is 4.39. The molecule has 144 valence electrons. The zero-order valence-electron chi connectivity index (χ0n) is 16.2. The molecule has 0 aliphatic carbocycles. The third kappa shape index (κ3) is 4.63. The molecular weight excluding hydrogens is 396 g/mol. The molecular formula is C24H20N2OS2. The number of benzene rings is 3. The molecule has 4 rings (SSSR count). The number of rotatable bonds is 5. The molecule has 3 nitrogen and oxygen atoms in total. The van der Waals surface area contributed by atoms with E-state index >= 15 is 0 Å². The van der Waals surface area contributed by atoms with Gasteiger partial charge in [-0.1, -0.05) is 77.1 Å². The normalized spacial score (nSPS) is 10.8. The molecule has 0 spiro atoms. The van der Waals surface area contributed by atoms with Gasteiger partial charge in [-0.25, -0.2) is 0 Å². The van der Waals surface area contributed by atoms with Crippen molar-refractivity contribution in [3.63, 3.8) is 0 Å². The van der Waals surface area contributed by atoms with Gasteiger partial charge in [0.1, 0.15) is 0 Å². The van der Waals surface area contributed by atoms with Crippen LogP contribution >= 0.6 is 23.5 Å². The van der Waals surface area contributed by atoms with Crippen molar-refractivity contribution in [2.45, 2.75) is 33.4 Å². The van der Waals surface area contributed by atoms with Crippen LogP contribution in [-0.4, -0.2) is 9.78 Å². The first kappa shape index (κ1) is 19.6. The minimum absolute atomic E-state index is 0.112. The monoisotopic (exact) mass is 416 g/mol. The topological polar surface area (TPSA) is 34.9 Å². The second-order valence-electron chi connectivity index (χ2n) is 6.72. The molecule has 3 aromatic carbocycles. The van der Waals surface area contributed by atoms with Gasteiger partial charge in [0, 0.05) is 9.79 Å². The summed E-state index contributed by atoms with van der Waals surface area (Å²) in [6, 6.07) is 26.0. The molecule has 4 aromatic rings. The second kappa shape index (κ2) is 8.72. The average Bonchev–Trinajstić information content (AvgIpc) is 2.74. The van der Waals surface area contributed by atoms with E-state index in [1.807, 2.05) is 42.5 Å². The highest BCUT2D eigenvalue weighted by Crippen LogP contribution is 2.36. The number of hydrogen-bond acceptors (Lipinski definition) is 4. The van der Waals surface area contributed by atoms with Crippen LogP contribution in [0.3, 0.4) is 0 Å². The minimum atomic E-state index is -0.112. The maximum Gasteiger partial charge on any atom is 0.286 e. The lowest BCUT2D eigenvalue weighted by Crippen LogP contribution is -2.23. The van der Waals surface area contributed by atoms with Crippen molar-refractivity contribution < 1.29 is 0 Å². The fourth-order valence-corrected chi connectivity index (χ4v) is 4.69. The number of aryl methyl sites for hydroxylation is 2. The quantitative estimate of drug-likeness (QED) is 0.391. The van der Waals surface area contributed by atoms with Gasteiger partial charge in [-0.15, -0.1) is 0 Å². The Balaban J connectivity index is 1.79. The predicted octanol–water partition coefficient (Wildman–Crippen LogP) is 6.15. The highest BCUT2D eigenvalue weighted by Gasteiger charge is 2.15. The van der Waals surface area contributed by atoms with Gasteiger partial charge in [-0.05, 0) is 50.2 Å². The summed E-state index contributed by atoms with van der Waals surface area (Å²) in [7, 11) is 0. The first-order chi connectivity index (χ1) is 14.1. The molecule has 1 heterocycles. The smallest absolute Gasteiger partial charge is 0.266 e. The molecule has 0 aliphatic rings. The number of aromatic nitrogens is 2. The zero-order chi connectivity index (χ0) is 20.2. The molecule has 0 N–H and O–H groups in total. The highest BCUT2D eigenvalue weighted by molar-refractivity contribution is 8.02. The lowest BCUT2D eigenvalue weighted by Gasteiger charge is -2.12. The maximum atomic E-state index is 13.4. The van der Waals surface area contributed by atoms with Crippen molar-refractivity contribution in [3.8, 4) is 5.69 Å². The van der Waals surface area contributed by atoms with E-state index in [1.165, 1.54) is 27.6 Å². The summed E-state index contributed by atoms with van der Waals surface area (Å²) < 4.78 is 1.47. The van der Waals surface area contributed by atoms with E-state index in [0.717, 1.165) is 20.4 Å². The van der Waals surface area contributed by atoms with Crippen LogP contribution in [0.15, 0.2) is 109 Å². The number of para-hydroxylation sites is 1. The van der Waals surface area contributed by atoms with Crippen molar-refractivity contribution >= 4 is 23.5 Å². The van der Waals surface area contributed by atoms with E-state index in [9.17, 15) is 4.79 Å². The molecule has 0 radical (unpaired) electrons. The summed E-state index contributed by atoms with van der Waals surface area (Å²) in [5, 5.41) is 4.45. The Labute approximate surface area is 178 Å². The Kier molecular flexibility index (Phi) is 5.88. The standard InChI is InChI=1S/C24H20N2OS2/c1-17-8-12-20(13-9-17)28-22-16-25-26(19-6-4-3-5-7-19)24(27)23(22)29-21-14-10-18(2)11-15-21/h3-16H,1-2H3. The molecule has 0 amide bonds. The van der Waals surface area contributed by atoms with Gasteiger partial charge in [0.15, 0.2) is 0 Å². The zero-order valence-corrected chi connectivity index (χ0v) is 17.8. The molecule has 0 fully saturated rings. The molecule has 0 bridgehead atoms. The molecule has 29 heavy (non-hydrogen) atoms. The summed E-state index contributed by atoms with van der Waals surface area (Å²) in [6.07, 6.45) is 1.79. The maximum absolute atomic E-state index is 13.4. The van der Waals surface area contributed by atoms with Crippen LogP contribution in [0.5, 0.6) is 0 Å². The first-order valence-electron chi connectivity index (χ1n) is 9.27. The van der Waals surface area contributed by atoms with Gasteiger partial charge >= 0.3 is 0 Å². The van der Waals surface area contributed by atoms with Crippen LogP contribution in [0.2, 0.25) is 0 Å². The van der Waals surface area contributed by atoms with Gasteiger partial charge in [0.05, 0.1) is 21.7 Å². The van der Waals surface area contributed by atoms with E-state index < -0.39 is 0 Å². The second-order valence-corrected chi connectivity index (χ2v) is 8.92. The van der Waals surface area contributed by atoms with Crippen molar-refractivity contribution in [2.24, 2.45) is 0 Å². The Morgan fingerprint density at radius 3 is 1.86 bits per heavy atom. The van der Waals surface area contributed by atoms with Gasteiger partial charge in [0.2, 0.25) is 0 Å². The van der Waals surface area contributed by atoms with Crippen molar-refractivity contribution in [1.82, 2.24) is 9.78 Å². The average molecular weight is 417 g/mol. The SMILES string of the molecule is Cc1ccc(Sc2cnn(-c3ccccc3)c(=O)c2Sc2ccc(C)cc2)cc1.